The van der Waals surface area contributed by atoms with E-state index in [4.69, 9.17) is 4.74 Å². The SMILES string of the molecule is Cc1cccc(OCCNCc2ccc(N(C)C)cc2)c1. The highest BCUT2D eigenvalue weighted by molar-refractivity contribution is 5.45. The largest absolute Gasteiger partial charge is 0.492 e. The Kier molecular flexibility index (Phi) is 5.64. The van der Waals surface area contributed by atoms with Crippen molar-refractivity contribution in [3.8, 4) is 5.75 Å². The average molecular weight is 284 g/mol. The summed E-state index contributed by atoms with van der Waals surface area (Å²) >= 11 is 0. The zero-order chi connectivity index (χ0) is 15.1. The fourth-order valence-electron chi connectivity index (χ4n) is 2.09. The second-order valence-electron chi connectivity index (χ2n) is 5.40. The summed E-state index contributed by atoms with van der Waals surface area (Å²) in [6.45, 7) is 4.45. The maximum Gasteiger partial charge on any atom is 0.119 e. The van der Waals surface area contributed by atoms with E-state index in [1.54, 1.807) is 0 Å². The van der Waals surface area contributed by atoms with Gasteiger partial charge in [-0.3, -0.25) is 0 Å². The predicted octanol–water partition coefficient (Wildman–Crippen LogP) is 3.23. The fourth-order valence-corrected chi connectivity index (χ4v) is 2.09. The number of benzene rings is 2. The summed E-state index contributed by atoms with van der Waals surface area (Å²) in [7, 11) is 4.10. The van der Waals surface area contributed by atoms with Gasteiger partial charge in [0.1, 0.15) is 12.4 Å². The Labute approximate surface area is 127 Å². The molecule has 3 heteroatoms. The molecule has 112 valence electrons. The van der Waals surface area contributed by atoms with Gasteiger partial charge in [0.05, 0.1) is 0 Å². The first-order valence-electron chi connectivity index (χ1n) is 7.31. The zero-order valence-corrected chi connectivity index (χ0v) is 13.1. The van der Waals surface area contributed by atoms with E-state index in [2.05, 4.69) is 67.6 Å². The topological polar surface area (TPSA) is 24.5 Å². The first-order valence-corrected chi connectivity index (χ1v) is 7.31. The first-order chi connectivity index (χ1) is 10.1. The predicted molar refractivity (Wildman–Crippen MR) is 89.1 cm³/mol. The maximum atomic E-state index is 5.71. The molecule has 0 saturated heterocycles. The van der Waals surface area contributed by atoms with Crippen LogP contribution in [0.5, 0.6) is 5.75 Å². The molecular weight excluding hydrogens is 260 g/mol. The second-order valence-corrected chi connectivity index (χ2v) is 5.40. The van der Waals surface area contributed by atoms with Crippen LogP contribution >= 0.6 is 0 Å². The number of rotatable bonds is 7. The summed E-state index contributed by atoms with van der Waals surface area (Å²) in [5, 5.41) is 3.40. The number of anilines is 1. The minimum atomic E-state index is 0.680. The van der Waals surface area contributed by atoms with Crippen LogP contribution < -0.4 is 15.0 Å². The fraction of sp³-hybridized carbons (Fsp3) is 0.333. The van der Waals surface area contributed by atoms with Crippen molar-refractivity contribution >= 4 is 5.69 Å². The zero-order valence-electron chi connectivity index (χ0n) is 13.1. The Bertz CT molecular complexity index is 549. The molecule has 0 aliphatic rings. The minimum absolute atomic E-state index is 0.680. The molecule has 0 aliphatic heterocycles. The molecule has 0 heterocycles. The van der Waals surface area contributed by atoms with E-state index >= 15 is 0 Å². The highest BCUT2D eigenvalue weighted by Gasteiger charge is 1.97. The van der Waals surface area contributed by atoms with Gasteiger partial charge in [-0.05, 0) is 42.3 Å². The summed E-state index contributed by atoms with van der Waals surface area (Å²) in [6.07, 6.45) is 0. The third-order valence-corrected chi connectivity index (χ3v) is 3.32. The molecule has 0 atom stereocenters. The Morgan fingerprint density at radius 1 is 1.05 bits per heavy atom. The molecule has 2 aromatic rings. The van der Waals surface area contributed by atoms with Crippen LogP contribution in [0.15, 0.2) is 48.5 Å². The minimum Gasteiger partial charge on any atom is -0.492 e. The van der Waals surface area contributed by atoms with Crippen molar-refractivity contribution in [2.24, 2.45) is 0 Å². The van der Waals surface area contributed by atoms with Gasteiger partial charge < -0.3 is 15.0 Å². The Balaban J connectivity index is 1.67. The van der Waals surface area contributed by atoms with Gasteiger partial charge in [0.25, 0.3) is 0 Å². The van der Waals surface area contributed by atoms with Crippen molar-refractivity contribution in [2.75, 3.05) is 32.1 Å². The Hall–Kier alpha value is -2.00. The molecule has 0 amide bonds. The summed E-state index contributed by atoms with van der Waals surface area (Å²) in [5.41, 5.74) is 3.74. The van der Waals surface area contributed by atoms with Crippen molar-refractivity contribution in [3.05, 3.63) is 59.7 Å². The monoisotopic (exact) mass is 284 g/mol. The van der Waals surface area contributed by atoms with Gasteiger partial charge in [-0.1, -0.05) is 24.3 Å². The lowest BCUT2D eigenvalue weighted by Gasteiger charge is -2.13. The lowest BCUT2D eigenvalue weighted by molar-refractivity contribution is 0.313. The molecule has 0 saturated carbocycles. The standard InChI is InChI=1S/C18H24N2O/c1-15-5-4-6-18(13-15)21-12-11-19-14-16-7-9-17(10-8-16)20(2)3/h4-10,13,19H,11-12,14H2,1-3H3. The number of aryl methyl sites for hydroxylation is 1. The maximum absolute atomic E-state index is 5.71. The molecule has 0 spiro atoms. The molecule has 0 aliphatic carbocycles. The summed E-state index contributed by atoms with van der Waals surface area (Å²) in [4.78, 5) is 2.10. The van der Waals surface area contributed by atoms with Gasteiger partial charge in [0, 0.05) is 32.9 Å². The van der Waals surface area contributed by atoms with Crippen LogP contribution in [0.25, 0.3) is 0 Å². The molecule has 2 rings (SSSR count). The Morgan fingerprint density at radius 2 is 1.81 bits per heavy atom. The second kappa shape index (κ2) is 7.70. The van der Waals surface area contributed by atoms with Crippen LogP contribution in [0, 0.1) is 6.92 Å². The van der Waals surface area contributed by atoms with Crippen molar-refractivity contribution in [3.63, 3.8) is 0 Å². The number of hydrogen-bond donors (Lipinski definition) is 1. The molecule has 1 N–H and O–H groups in total. The number of hydrogen-bond acceptors (Lipinski definition) is 3. The van der Waals surface area contributed by atoms with Crippen LogP contribution in [0.2, 0.25) is 0 Å². The van der Waals surface area contributed by atoms with Crippen molar-refractivity contribution in [1.82, 2.24) is 5.32 Å². The van der Waals surface area contributed by atoms with Gasteiger partial charge in [-0.2, -0.15) is 0 Å². The third kappa shape index (κ3) is 5.12. The van der Waals surface area contributed by atoms with E-state index in [9.17, 15) is 0 Å². The van der Waals surface area contributed by atoms with Crippen molar-refractivity contribution in [2.45, 2.75) is 13.5 Å². The number of nitrogens with zero attached hydrogens (tertiary/aromatic N) is 1. The summed E-state index contributed by atoms with van der Waals surface area (Å²) in [6, 6.07) is 16.7. The molecule has 3 nitrogen and oxygen atoms in total. The third-order valence-electron chi connectivity index (χ3n) is 3.32. The summed E-state index contributed by atoms with van der Waals surface area (Å²) < 4.78 is 5.71. The van der Waals surface area contributed by atoms with Gasteiger partial charge in [-0.15, -0.1) is 0 Å². The van der Waals surface area contributed by atoms with Crippen LogP contribution in [-0.4, -0.2) is 27.2 Å². The highest BCUT2D eigenvalue weighted by atomic mass is 16.5. The van der Waals surface area contributed by atoms with E-state index in [-0.39, 0.29) is 0 Å². The van der Waals surface area contributed by atoms with E-state index in [0.717, 1.165) is 18.8 Å². The molecule has 21 heavy (non-hydrogen) atoms. The summed E-state index contributed by atoms with van der Waals surface area (Å²) in [5.74, 6) is 0.937. The van der Waals surface area contributed by atoms with Crippen LogP contribution in [0.4, 0.5) is 5.69 Å². The van der Waals surface area contributed by atoms with Gasteiger partial charge >= 0.3 is 0 Å². The Morgan fingerprint density at radius 3 is 2.48 bits per heavy atom. The van der Waals surface area contributed by atoms with E-state index in [0.29, 0.717) is 6.61 Å². The molecule has 0 bridgehead atoms. The molecule has 0 unspecified atom stereocenters. The van der Waals surface area contributed by atoms with E-state index in [1.165, 1.54) is 16.8 Å². The number of ether oxygens (including phenoxy) is 1. The quantitative estimate of drug-likeness (QED) is 0.790. The van der Waals surface area contributed by atoms with E-state index in [1.807, 2.05) is 12.1 Å². The molecule has 0 fully saturated rings. The van der Waals surface area contributed by atoms with Gasteiger partial charge in [0.15, 0.2) is 0 Å². The molecule has 0 radical (unpaired) electrons. The number of nitrogens with one attached hydrogen (secondary N) is 1. The first kappa shape index (κ1) is 15.4. The lowest BCUT2D eigenvalue weighted by atomic mass is 10.2. The van der Waals surface area contributed by atoms with Crippen LogP contribution in [0.3, 0.4) is 0 Å². The molecule has 0 aromatic heterocycles. The molecule has 2 aromatic carbocycles. The van der Waals surface area contributed by atoms with Crippen LogP contribution in [-0.2, 0) is 6.54 Å². The van der Waals surface area contributed by atoms with Gasteiger partial charge in [-0.25, -0.2) is 0 Å². The normalized spacial score (nSPS) is 10.4. The highest BCUT2D eigenvalue weighted by Crippen LogP contribution is 2.13. The van der Waals surface area contributed by atoms with Gasteiger partial charge in [0.2, 0.25) is 0 Å². The average Bonchev–Trinajstić information content (AvgIpc) is 2.47. The van der Waals surface area contributed by atoms with Crippen molar-refractivity contribution in [1.29, 1.82) is 0 Å². The lowest BCUT2D eigenvalue weighted by Crippen LogP contribution is -2.20. The van der Waals surface area contributed by atoms with E-state index < -0.39 is 0 Å². The van der Waals surface area contributed by atoms with Crippen molar-refractivity contribution < 1.29 is 4.74 Å². The molecular formula is C18H24N2O. The van der Waals surface area contributed by atoms with Crippen LogP contribution in [0.1, 0.15) is 11.1 Å². The smallest absolute Gasteiger partial charge is 0.119 e.